The summed E-state index contributed by atoms with van der Waals surface area (Å²) in [5, 5.41) is 2.63. The lowest BCUT2D eigenvalue weighted by Gasteiger charge is -2.06. The molecule has 2 rings (SSSR count). The molecule has 0 fully saturated rings. The summed E-state index contributed by atoms with van der Waals surface area (Å²) in [5.41, 5.74) is 6.34. The van der Waals surface area contributed by atoms with Crippen LogP contribution in [0, 0.1) is 0 Å². The highest BCUT2D eigenvalue weighted by atomic mass is 32.2. The van der Waals surface area contributed by atoms with E-state index in [1.54, 1.807) is 30.3 Å². The van der Waals surface area contributed by atoms with Gasteiger partial charge in [-0.3, -0.25) is 9.52 Å². The van der Waals surface area contributed by atoms with Crippen molar-refractivity contribution in [3.05, 3.63) is 47.9 Å². The van der Waals surface area contributed by atoms with Crippen LogP contribution >= 0.6 is 0 Å². The second-order valence-electron chi connectivity index (χ2n) is 4.38. The molecule has 8 heteroatoms. The molecule has 0 saturated carbocycles. The summed E-state index contributed by atoms with van der Waals surface area (Å²) in [6.45, 7) is 0.221. The van der Waals surface area contributed by atoms with E-state index >= 15 is 0 Å². The summed E-state index contributed by atoms with van der Waals surface area (Å²) in [5.74, 6) is 0.278. The quantitative estimate of drug-likeness (QED) is 0.771. The summed E-state index contributed by atoms with van der Waals surface area (Å²) in [6, 6.07) is 9.43. The Kier molecular flexibility index (Phi) is 4.29. The van der Waals surface area contributed by atoms with E-state index in [9.17, 15) is 13.2 Å². The lowest BCUT2D eigenvalue weighted by molar-refractivity contribution is 0.0995. The van der Waals surface area contributed by atoms with E-state index < -0.39 is 15.9 Å². The second kappa shape index (κ2) is 5.98. The number of sulfonamides is 1. The Morgan fingerprint density at radius 3 is 2.29 bits per heavy atom. The molecule has 2 aromatic rings. The Labute approximate surface area is 122 Å². The van der Waals surface area contributed by atoms with Gasteiger partial charge >= 0.3 is 0 Å². The van der Waals surface area contributed by atoms with Gasteiger partial charge in [0.1, 0.15) is 5.76 Å². The molecular weight excluding hydrogens is 294 g/mol. The summed E-state index contributed by atoms with van der Waals surface area (Å²) >= 11 is 0. The van der Waals surface area contributed by atoms with Crippen molar-refractivity contribution in [1.29, 1.82) is 0 Å². The van der Waals surface area contributed by atoms with Crippen molar-refractivity contribution >= 4 is 27.3 Å². The first-order valence-electron chi connectivity index (χ1n) is 6.05. The number of amides is 1. The number of anilines is 2. The molecule has 0 radical (unpaired) electrons. The maximum Gasteiger partial charge on any atom is 0.291 e. The van der Waals surface area contributed by atoms with Crippen molar-refractivity contribution in [2.24, 2.45) is 5.73 Å². The minimum atomic E-state index is -3.32. The third kappa shape index (κ3) is 4.33. The zero-order chi connectivity index (χ0) is 15.5. The highest BCUT2D eigenvalue weighted by molar-refractivity contribution is 7.92. The number of carbonyl (C=O) groups is 1. The molecule has 0 saturated heterocycles. The molecule has 0 aliphatic carbocycles. The Balaban J connectivity index is 2.04. The third-order valence-corrected chi connectivity index (χ3v) is 3.14. The lowest BCUT2D eigenvalue weighted by Crippen LogP contribution is -2.12. The molecule has 1 heterocycles. The number of benzene rings is 1. The van der Waals surface area contributed by atoms with Crippen LogP contribution in [0.25, 0.3) is 0 Å². The van der Waals surface area contributed by atoms with E-state index in [4.69, 9.17) is 10.2 Å². The molecule has 21 heavy (non-hydrogen) atoms. The molecule has 7 nitrogen and oxygen atoms in total. The van der Waals surface area contributed by atoms with Gasteiger partial charge in [-0.05, 0) is 36.4 Å². The standard InChI is InChI=1S/C13H15N3O4S/c1-21(18,19)16-10-4-2-9(3-5-10)15-13(17)12-7-6-11(8-14)20-12/h2-7,16H,8,14H2,1H3,(H,15,17). The fourth-order valence-electron chi connectivity index (χ4n) is 1.64. The van der Waals surface area contributed by atoms with Crippen LogP contribution in [0.1, 0.15) is 16.3 Å². The van der Waals surface area contributed by atoms with Crippen molar-refractivity contribution in [1.82, 2.24) is 0 Å². The molecule has 1 amide bonds. The van der Waals surface area contributed by atoms with E-state index in [0.717, 1.165) is 6.26 Å². The smallest absolute Gasteiger partial charge is 0.291 e. The van der Waals surface area contributed by atoms with Crippen LogP contribution in [0.3, 0.4) is 0 Å². The number of nitrogens with one attached hydrogen (secondary N) is 2. The minimum Gasteiger partial charge on any atom is -0.455 e. The van der Waals surface area contributed by atoms with E-state index in [1.807, 2.05) is 0 Å². The van der Waals surface area contributed by atoms with Gasteiger partial charge in [-0.25, -0.2) is 8.42 Å². The van der Waals surface area contributed by atoms with E-state index in [0.29, 0.717) is 17.1 Å². The molecule has 112 valence electrons. The van der Waals surface area contributed by atoms with Crippen LogP contribution in [0.15, 0.2) is 40.8 Å². The number of nitrogens with two attached hydrogens (primary N) is 1. The molecule has 0 atom stereocenters. The average Bonchev–Trinajstić information content (AvgIpc) is 2.88. The Hall–Kier alpha value is -2.32. The Morgan fingerprint density at radius 2 is 1.76 bits per heavy atom. The fraction of sp³-hybridized carbons (Fsp3) is 0.154. The van der Waals surface area contributed by atoms with Crippen molar-refractivity contribution in [2.75, 3.05) is 16.3 Å². The topological polar surface area (TPSA) is 114 Å². The van der Waals surface area contributed by atoms with Crippen LogP contribution in [0.2, 0.25) is 0 Å². The molecule has 0 aliphatic rings. The van der Waals surface area contributed by atoms with Gasteiger partial charge in [-0.15, -0.1) is 0 Å². The van der Waals surface area contributed by atoms with Gasteiger partial charge in [-0.1, -0.05) is 0 Å². The van der Waals surface area contributed by atoms with Gasteiger partial charge in [0.2, 0.25) is 10.0 Å². The summed E-state index contributed by atoms with van der Waals surface area (Å²) in [7, 11) is -3.32. The fourth-order valence-corrected chi connectivity index (χ4v) is 2.20. The molecule has 1 aromatic heterocycles. The predicted octanol–water partition coefficient (Wildman–Crippen LogP) is 1.36. The van der Waals surface area contributed by atoms with Crippen LogP contribution in [0.4, 0.5) is 11.4 Å². The van der Waals surface area contributed by atoms with Crippen molar-refractivity contribution in [3.63, 3.8) is 0 Å². The van der Waals surface area contributed by atoms with Gasteiger partial charge in [0.15, 0.2) is 5.76 Å². The number of rotatable bonds is 5. The highest BCUT2D eigenvalue weighted by Crippen LogP contribution is 2.16. The number of carbonyl (C=O) groups excluding carboxylic acids is 1. The lowest BCUT2D eigenvalue weighted by atomic mass is 10.3. The largest absolute Gasteiger partial charge is 0.455 e. The number of hydrogen-bond acceptors (Lipinski definition) is 5. The molecule has 0 unspecified atom stereocenters. The van der Waals surface area contributed by atoms with Crippen LogP contribution < -0.4 is 15.8 Å². The zero-order valence-electron chi connectivity index (χ0n) is 11.3. The SMILES string of the molecule is CS(=O)(=O)Nc1ccc(NC(=O)c2ccc(CN)o2)cc1. The van der Waals surface area contributed by atoms with Crippen LogP contribution in [0.5, 0.6) is 0 Å². The van der Waals surface area contributed by atoms with Gasteiger partial charge in [-0.2, -0.15) is 0 Å². The Bertz CT molecular complexity index is 735. The van der Waals surface area contributed by atoms with Crippen LogP contribution in [-0.2, 0) is 16.6 Å². The zero-order valence-corrected chi connectivity index (χ0v) is 12.1. The maximum absolute atomic E-state index is 11.9. The van der Waals surface area contributed by atoms with E-state index in [-0.39, 0.29) is 12.3 Å². The van der Waals surface area contributed by atoms with Crippen molar-refractivity contribution < 1.29 is 17.6 Å². The molecule has 0 spiro atoms. The average molecular weight is 309 g/mol. The predicted molar refractivity (Wildman–Crippen MR) is 79.5 cm³/mol. The minimum absolute atomic E-state index is 0.161. The van der Waals surface area contributed by atoms with Gasteiger partial charge < -0.3 is 15.5 Å². The van der Waals surface area contributed by atoms with Gasteiger partial charge in [0.25, 0.3) is 5.91 Å². The highest BCUT2D eigenvalue weighted by Gasteiger charge is 2.11. The molecule has 0 aliphatic heterocycles. The molecular formula is C13H15N3O4S. The van der Waals surface area contributed by atoms with Gasteiger partial charge in [0, 0.05) is 11.4 Å². The first-order valence-corrected chi connectivity index (χ1v) is 7.94. The summed E-state index contributed by atoms with van der Waals surface area (Å²) in [6.07, 6.45) is 1.06. The molecule has 0 bridgehead atoms. The molecule has 1 aromatic carbocycles. The van der Waals surface area contributed by atoms with Gasteiger partial charge in [0.05, 0.1) is 12.8 Å². The third-order valence-electron chi connectivity index (χ3n) is 2.53. The normalized spacial score (nSPS) is 11.1. The first kappa shape index (κ1) is 15.1. The second-order valence-corrected chi connectivity index (χ2v) is 6.12. The monoisotopic (exact) mass is 309 g/mol. The summed E-state index contributed by atoms with van der Waals surface area (Å²) in [4.78, 5) is 11.9. The maximum atomic E-state index is 11.9. The number of furan rings is 1. The van der Waals surface area contributed by atoms with Crippen molar-refractivity contribution in [3.8, 4) is 0 Å². The first-order chi connectivity index (χ1) is 9.87. The van der Waals surface area contributed by atoms with Crippen molar-refractivity contribution in [2.45, 2.75) is 6.54 Å². The van der Waals surface area contributed by atoms with Crippen LogP contribution in [-0.4, -0.2) is 20.6 Å². The molecule has 4 N–H and O–H groups in total. The van der Waals surface area contributed by atoms with E-state index in [1.165, 1.54) is 6.07 Å². The Morgan fingerprint density at radius 1 is 1.14 bits per heavy atom. The number of hydrogen-bond donors (Lipinski definition) is 3. The summed E-state index contributed by atoms with van der Waals surface area (Å²) < 4.78 is 29.7. The van der Waals surface area contributed by atoms with E-state index in [2.05, 4.69) is 10.0 Å².